The molecule has 1 aliphatic heterocycles. The quantitative estimate of drug-likeness (QED) is 0.276. The Bertz CT molecular complexity index is 854. The van der Waals surface area contributed by atoms with Crippen molar-refractivity contribution in [3.8, 4) is 12.3 Å². The van der Waals surface area contributed by atoms with Crippen LogP contribution < -0.4 is 10.6 Å². The van der Waals surface area contributed by atoms with Crippen LogP contribution >= 0.6 is 24.0 Å². The van der Waals surface area contributed by atoms with Crippen LogP contribution in [0.3, 0.4) is 0 Å². The van der Waals surface area contributed by atoms with Gasteiger partial charge in [0.25, 0.3) is 0 Å². The Kier molecular flexibility index (Phi) is 8.95. The summed E-state index contributed by atoms with van der Waals surface area (Å²) >= 11 is 0. The fraction of sp³-hybridized carbons (Fsp3) is 0.350. The molecule has 0 bridgehead atoms. The first kappa shape index (κ1) is 22.7. The molecule has 1 saturated heterocycles. The average Bonchev–Trinajstić information content (AvgIpc) is 3.23. The first-order chi connectivity index (χ1) is 13.7. The van der Waals surface area contributed by atoms with Crippen molar-refractivity contribution in [1.29, 1.82) is 0 Å². The molecule has 1 aromatic heterocycles. The number of aliphatic imine (C=N–C) groups is 1. The Hall–Kier alpha value is -2.58. The molecule has 0 spiro atoms. The van der Waals surface area contributed by atoms with Gasteiger partial charge in [0.15, 0.2) is 5.96 Å². The summed E-state index contributed by atoms with van der Waals surface area (Å²) in [4.78, 5) is 21.0. The van der Waals surface area contributed by atoms with E-state index in [1.54, 1.807) is 19.4 Å². The number of terminal acetylenes is 1. The minimum absolute atomic E-state index is 0. The van der Waals surface area contributed by atoms with E-state index in [1.165, 1.54) is 0 Å². The second kappa shape index (κ2) is 11.4. The van der Waals surface area contributed by atoms with Crippen LogP contribution in [0.4, 0.5) is 5.69 Å². The van der Waals surface area contributed by atoms with E-state index >= 15 is 0 Å². The molecule has 0 aliphatic carbocycles. The minimum atomic E-state index is -0.153. The number of nitrogens with zero attached hydrogens (tertiary/aromatic N) is 4. The van der Waals surface area contributed by atoms with Crippen molar-refractivity contribution in [2.24, 2.45) is 4.99 Å². The molecule has 8 nitrogen and oxygen atoms in total. The predicted octanol–water partition coefficient (Wildman–Crippen LogP) is 1.61. The van der Waals surface area contributed by atoms with E-state index in [2.05, 4.69) is 36.5 Å². The zero-order chi connectivity index (χ0) is 19.8. The third-order valence-electron chi connectivity index (χ3n) is 4.48. The highest BCUT2D eigenvalue weighted by atomic mass is 127. The number of guanidine groups is 1. The first-order valence-electron chi connectivity index (χ1n) is 9.11. The zero-order valence-corrected chi connectivity index (χ0v) is 18.6. The standard InChI is InChI=1S/C20H24N6O2.HI/c1-3-16-5-4-6-17(13-16)23-19(27)14-22-20(21-2)26-10-8-25(9-11-26)15-18-7-12-28-24-18;/h1,4-7,12-13H,8-11,14-15H2,2H3,(H,21,22)(H,23,27);1H. The van der Waals surface area contributed by atoms with E-state index in [-0.39, 0.29) is 36.4 Å². The second-order valence-electron chi connectivity index (χ2n) is 6.43. The molecule has 154 valence electrons. The van der Waals surface area contributed by atoms with Crippen molar-refractivity contribution in [3.05, 3.63) is 47.9 Å². The van der Waals surface area contributed by atoms with Gasteiger partial charge in [0.2, 0.25) is 5.91 Å². The molecule has 2 N–H and O–H groups in total. The van der Waals surface area contributed by atoms with E-state index in [0.717, 1.165) is 44.0 Å². The van der Waals surface area contributed by atoms with Gasteiger partial charge in [-0.1, -0.05) is 17.1 Å². The van der Waals surface area contributed by atoms with Gasteiger partial charge in [-0.25, -0.2) is 0 Å². The van der Waals surface area contributed by atoms with Crippen molar-refractivity contribution in [3.63, 3.8) is 0 Å². The number of anilines is 1. The predicted molar refractivity (Wildman–Crippen MR) is 123 cm³/mol. The monoisotopic (exact) mass is 508 g/mol. The van der Waals surface area contributed by atoms with Gasteiger partial charge in [-0.2, -0.15) is 0 Å². The lowest BCUT2D eigenvalue weighted by Gasteiger charge is -2.36. The van der Waals surface area contributed by atoms with E-state index in [4.69, 9.17) is 10.9 Å². The molecule has 0 atom stereocenters. The van der Waals surface area contributed by atoms with Crippen LogP contribution in [0.2, 0.25) is 0 Å². The number of carbonyl (C=O) groups excluding carboxylic acids is 1. The number of halogens is 1. The molecule has 1 aromatic carbocycles. The molecule has 0 saturated carbocycles. The number of hydrogen-bond acceptors (Lipinski definition) is 5. The summed E-state index contributed by atoms with van der Waals surface area (Å²) in [6.45, 7) is 4.32. The number of amides is 1. The molecule has 9 heteroatoms. The third-order valence-corrected chi connectivity index (χ3v) is 4.48. The maximum absolute atomic E-state index is 12.2. The maximum atomic E-state index is 12.2. The molecule has 0 unspecified atom stereocenters. The average molecular weight is 508 g/mol. The number of hydrogen-bond donors (Lipinski definition) is 2. The maximum Gasteiger partial charge on any atom is 0.243 e. The van der Waals surface area contributed by atoms with E-state index in [0.29, 0.717) is 11.6 Å². The topological polar surface area (TPSA) is 86.0 Å². The molecular formula is C20H25IN6O2. The lowest BCUT2D eigenvalue weighted by atomic mass is 10.2. The fourth-order valence-corrected chi connectivity index (χ4v) is 3.05. The van der Waals surface area contributed by atoms with Crippen molar-refractivity contribution >= 4 is 41.5 Å². The van der Waals surface area contributed by atoms with Crippen LogP contribution in [0.15, 0.2) is 46.1 Å². The highest BCUT2D eigenvalue weighted by molar-refractivity contribution is 14.0. The number of nitrogens with one attached hydrogen (secondary N) is 2. The number of carbonyl (C=O) groups is 1. The van der Waals surface area contributed by atoms with Crippen LogP contribution in [0.5, 0.6) is 0 Å². The fourth-order valence-electron chi connectivity index (χ4n) is 3.05. The van der Waals surface area contributed by atoms with Crippen LogP contribution in [-0.2, 0) is 11.3 Å². The molecule has 1 amide bonds. The van der Waals surface area contributed by atoms with E-state index < -0.39 is 0 Å². The summed E-state index contributed by atoms with van der Waals surface area (Å²) < 4.78 is 4.88. The molecule has 2 heterocycles. The van der Waals surface area contributed by atoms with Gasteiger partial charge in [-0.15, -0.1) is 30.4 Å². The minimum Gasteiger partial charge on any atom is -0.364 e. The van der Waals surface area contributed by atoms with Crippen molar-refractivity contribution in [2.75, 3.05) is 45.1 Å². The largest absolute Gasteiger partial charge is 0.364 e. The Morgan fingerprint density at radius 2 is 2.10 bits per heavy atom. The van der Waals surface area contributed by atoms with Gasteiger partial charge in [0.05, 0.1) is 12.2 Å². The SMILES string of the molecule is C#Cc1cccc(NC(=O)CNC(=NC)N2CCN(Cc3ccon3)CC2)c1.I. The van der Waals surface area contributed by atoms with E-state index in [1.807, 2.05) is 24.3 Å². The Labute approximate surface area is 187 Å². The van der Waals surface area contributed by atoms with Crippen molar-refractivity contribution < 1.29 is 9.32 Å². The summed E-state index contributed by atoms with van der Waals surface area (Å²) in [5, 5.41) is 9.92. The second-order valence-corrected chi connectivity index (χ2v) is 6.43. The molecule has 3 rings (SSSR count). The van der Waals surface area contributed by atoms with Gasteiger partial charge in [-0.3, -0.25) is 14.7 Å². The Balaban J connectivity index is 0.00000300. The van der Waals surface area contributed by atoms with Gasteiger partial charge in [0.1, 0.15) is 6.26 Å². The number of rotatable bonds is 5. The lowest BCUT2D eigenvalue weighted by molar-refractivity contribution is -0.115. The van der Waals surface area contributed by atoms with Crippen LogP contribution in [0.1, 0.15) is 11.3 Å². The molecule has 1 fully saturated rings. The molecular weight excluding hydrogens is 483 g/mol. The van der Waals surface area contributed by atoms with Crippen molar-refractivity contribution in [1.82, 2.24) is 20.3 Å². The molecule has 1 aliphatic rings. The molecule has 2 aromatic rings. The summed E-state index contributed by atoms with van der Waals surface area (Å²) in [7, 11) is 1.72. The summed E-state index contributed by atoms with van der Waals surface area (Å²) in [6, 6.07) is 9.08. The first-order valence-corrected chi connectivity index (χ1v) is 9.11. The van der Waals surface area contributed by atoms with Gasteiger partial charge in [0, 0.05) is 57.1 Å². The van der Waals surface area contributed by atoms with Gasteiger partial charge < -0.3 is 20.1 Å². The van der Waals surface area contributed by atoms with Crippen LogP contribution in [-0.4, -0.2) is 66.6 Å². The Morgan fingerprint density at radius 3 is 2.76 bits per heavy atom. The number of benzene rings is 1. The van der Waals surface area contributed by atoms with Crippen LogP contribution in [0.25, 0.3) is 0 Å². The van der Waals surface area contributed by atoms with Gasteiger partial charge >= 0.3 is 0 Å². The van der Waals surface area contributed by atoms with Crippen LogP contribution in [0, 0.1) is 12.3 Å². The zero-order valence-electron chi connectivity index (χ0n) is 16.3. The number of aromatic nitrogens is 1. The Morgan fingerprint density at radius 1 is 1.31 bits per heavy atom. The normalized spacial score (nSPS) is 14.6. The van der Waals surface area contributed by atoms with Crippen molar-refractivity contribution in [2.45, 2.75) is 6.54 Å². The summed E-state index contributed by atoms with van der Waals surface area (Å²) in [5.74, 6) is 3.12. The molecule has 0 radical (unpaired) electrons. The lowest BCUT2D eigenvalue weighted by Crippen LogP contribution is -2.53. The highest BCUT2D eigenvalue weighted by Crippen LogP contribution is 2.10. The van der Waals surface area contributed by atoms with Gasteiger partial charge in [-0.05, 0) is 18.2 Å². The highest BCUT2D eigenvalue weighted by Gasteiger charge is 2.20. The summed E-state index contributed by atoms with van der Waals surface area (Å²) in [5.41, 5.74) is 2.34. The van der Waals surface area contributed by atoms with E-state index in [9.17, 15) is 4.79 Å². The molecule has 29 heavy (non-hydrogen) atoms. The smallest absolute Gasteiger partial charge is 0.243 e. The summed E-state index contributed by atoms with van der Waals surface area (Å²) in [6.07, 6.45) is 6.98. The third kappa shape index (κ3) is 6.76. The number of piperazine rings is 1.